The third-order valence-corrected chi connectivity index (χ3v) is 9.44. The number of hydrogen-bond acceptors (Lipinski definition) is 11. The van der Waals surface area contributed by atoms with Crippen molar-refractivity contribution in [2.24, 2.45) is 10.9 Å². The second-order valence-electron chi connectivity index (χ2n) is 11.1. The molecule has 0 aromatic heterocycles. The normalized spacial score (nSPS) is 21.5. The lowest BCUT2D eigenvalue weighted by atomic mass is 9.83. The van der Waals surface area contributed by atoms with Gasteiger partial charge in [0, 0.05) is 53.9 Å². The van der Waals surface area contributed by atoms with Crippen LogP contribution in [0.1, 0.15) is 37.8 Å². The molecule has 3 aliphatic heterocycles. The molecule has 1 N–H and O–H groups in total. The van der Waals surface area contributed by atoms with E-state index in [4.69, 9.17) is 9.47 Å². The molecule has 5 rings (SSSR count). The lowest BCUT2D eigenvalue weighted by Gasteiger charge is -2.44. The molecular weight excluding hydrogens is 622 g/mol. The van der Waals surface area contributed by atoms with Gasteiger partial charge >= 0.3 is 12.1 Å². The maximum atomic E-state index is 13.3. The molecule has 46 heavy (non-hydrogen) atoms. The van der Waals surface area contributed by atoms with Gasteiger partial charge in [0.2, 0.25) is 5.91 Å². The van der Waals surface area contributed by atoms with Crippen LogP contribution >= 0.6 is 11.8 Å². The molecule has 0 bridgehead atoms. The fourth-order valence-electron chi connectivity index (χ4n) is 5.67. The molecule has 2 fully saturated rings. The standard InChI is InChI=1S/C30H31N5O10S/c1-17(36)26-24-13-25(27(33(24)28(26)37)29(38)44-15-19-3-7-21(8-4-19)34(40)41)46-23-11-12-32(14-23)18(2)31-30(39)45-16-20-5-9-22(10-6-20)35(42)43/h3-10,17,23-24,26,36H,11-16H2,1-2H3/b31-18+/t17-,23+,24-,26-/m1/s1. The summed E-state index contributed by atoms with van der Waals surface area (Å²) in [5, 5.41) is 31.9. The Morgan fingerprint density at radius 3 is 2.13 bits per heavy atom. The van der Waals surface area contributed by atoms with E-state index in [1.807, 2.05) is 4.90 Å². The van der Waals surface area contributed by atoms with E-state index in [0.717, 1.165) is 0 Å². The topological polar surface area (TPSA) is 195 Å². The number of non-ortho nitro benzene ring substituents is 2. The number of likely N-dealkylation sites (tertiary alicyclic amines) is 1. The lowest BCUT2D eigenvalue weighted by Crippen LogP contribution is -2.61. The van der Waals surface area contributed by atoms with Crippen molar-refractivity contribution in [1.29, 1.82) is 0 Å². The highest BCUT2D eigenvalue weighted by molar-refractivity contribution is 8.03. The number of ether oxygens (including phenoxy) is 2. The molecule has 2 aromatic carbocycles. The van der Waals surface area contributed by atoms with Crippen molar-refractivity contribution in [2.45, 2.75) is 57.3 Å². The van der Waals surface area contributed by atoms with E-state index >= 15 is 0 Å². The smallest absolute Gasteiger partial charge is 0.435 e. The molecule has 0 aliphatic carbocycles. The molecule has 0 radical (unpaired) electrons. The van der Waals surface area contributed by atoms with Crippen LogP contribution in [0.15, 0.2) is 64.1 Å². The number of carbonyl (C=O) groups is 3. The highest BCUT2D eigenvalue weighted by Crippen LogP contribution is 2.49. The number of nitro groups is 2. The van der Waals surface area contributed by atoms with Crippen molar-refractivity contribution >= 4 is 46.9 Å². The largest absolute Gasteiger partial charge is 0.456 e. The Morgan fingerprint density at radius 2 is 1.59 bits per heavy atom. The summed E-state index contributed by atoms with van der Waals surface area (Å²) in [6.07, 6.45) is -0.568. The summed E-state index contributed by atoms with van der Waals surface area (Å²) in [7, 11) is 0. The zero-order valence-corrected chi connectivity index (χ0v) is 25.8. The van der Waals surface area contributed by atoms with Gasteiger partial charge in [-0.2, -0.15) is 4.99 Å². The van der Waals surface area contributed by atoms with Gasteiger partial charge in [-0.15, -0.1) is 11.8 Å². The van der Waals surface area contributed by atoms with Gasteiger partial charge in [0.15, 0.2) is 0 Å². The molecule has 3 heterocycles. The molecule has 0 saturated carbocycles. The van der Waals surface area contributed by atoms with E-state index in [-0.39, 0.29) is 47.5 Å². The monoisotopic (exact) mass is 653 g/mol. The number of β-lactam (4-membered cyclic amide) rings is 1. The Balaban J connectivity index is 1.21. The SMILES string of the molecule is C/C(=N\C(=O)OCc1ccc([N+](=O)[O-])cc1)N1CC[C@H](SC2=C(C(=O)OCc3ccc([N+](=O)[O-])cc3)N3C(=O)[C@H]([C@@H](C)O)[C@H]3C2)C1. The second-order valence-corrected chi connectivity index (χ2v) is 12.5. The number of carbonyl (C=O) groups excluding carboxylic acids is 3. The number of fused-ring (bicyclic) bond motifs is 1. The van der Waals surface area contributed by atoms with Crippen LogP contribution in [0.2, 0.25) is 0 Å². The van der Waals surface area contributed by atoms with E-state index in [2.05, 4.69) is 4.99 Å². The van der Waals surface area contributed by atoms with E-state index in [9.17, 15) is 39.7 Å². The Labute approximate surface area is 267 Å². The number of nitro benzene ring substituents is 2. The predicted molar refractivity (Wildman–Crippen MR) is 164 cm³/mol. The quantitative estimate of drug-likeness (QED) is 0.0971. The highest BCUT2D eigenvalue weighted by atomic mass is 32.2. The fourth-order valence-corrected chi connectivity index (χ4v) is 7.11. The maximum absolute atomic E-state index is 13.3. The average molecular weight is 654 g/mol. The molecule has 3 aliphatic rings. The van der Waals surface area contributed by atoms with Crippen LogP contribution in [0.3, 0.4) is 0 Å². The van der Waals surface area contributed by atoms with Gasteiger partial charge in [-0.05, 0) is 55.7 Å². The summed E-state index contributed by atoms with van der Waals surface area (Å²) in [6.45, 7) is 4.12. The summed E-state index contributed by atoms with van der Waals surface area (Å²) in [5.41, 5.74) is 1.13. The molecule has 0 spiro atoms. The van der Waals surface area contributed by atoms with Crippen LogP contribution in [0.4, 0.5) is 16.2 Å². The van der Waals surface area contributed by atoms with Gasteiger partial charge in [-0.1, -0.05) is 0 Å². The van der Waals surface area contributed by atoms with Crippen molar-refractivity contribution in [1.82, 2.24) is 9.80 Å². The van der Waals surface area contributed by atoms with Crippen molar-refractivity contribution in [3.05, 3.63) is 90.5 Å². The van der Waals surface area contributed by atoms with Gasteiger partial charge in [0.05, 0.1) is 27.9 Å². The Bertz CT molecular complexity index is 1610. The lowest BCUT2D eigenvalue weighted by molar-refractivity contribution is -0.385. The minimum atomic E-state index is -0.878. The minimum absolute atomic E-state index is 0.00699. The third kappa shape index (κ3) is 7.02. The summed E-state index contributed by atoms with van der Waals surface area (Å²) in [5.74, 6) is -1.21. The van der Waals surface area contributed by atoms with Crippen LogP contribution in [0, 0.1) is 26.1 Å². The number of esters is 1. The molecule has 2 amide bonds. The molecule has 2 aromatic rings. The first-order valence-corrected chi connectivity index (χ1v) is 15.3. The molecule has 242 valence electrons. The van der Waals surface area contributed by atoms with Crippen LogP contribution < -0.4 is 0 Å². The number of aliphatic hydroxyl groups is 1. The highest BCUT2D eigenvalue weighted by Gasteiger charge is 2.57. The minimum Gasteiger partial charge on any atom is -0.456 e. The average Bonchev–Trinajstić information content (AvgIpc) is 3.62. The number of aliphatic imine (C=N–C) groups is 1. The number of amidine groups is 1. The summed E-state index contributed by atoms with van der Waals surface area (Å²) in [4.78, 5) is 67.3. The molecule has 16 heteroatoms. The summed E-state index contributed by atoms with van der Waals surface area (Å²) >= 11 is 1.46. The number of benzene rings is 2. The number of nitrogens with zero attached hydrogens (tertiary/aromatic N) is 5. The van der Waals surface area contributed by atoms with Crippen molar-refractivity contribution < 1.29 is 38.8 Å². The van der Waals surface area contributed by atoms with Gasteiger partial charge in [0.25, 0.3) is 11.4 Å². The maximum Gasteiger partial charge on any atom is 0.435 e. The Kier molecular flexibility index (Phi) is 9.67. The van der Waals surface area contributed by atoms with Gasteiger partial charge in [-0.25, -0.2) is 9.59 Å². The van der Waals surface area contributed by atoms with Crippen molar-refractivity contribution in [3.8, 4) is 0 Å². The molecule has 15 nitrogen and oxygen atoms in total. The van der Waals surface area contributed by atoms with Crippen LogP contribution in [0.5, 0.6) is 0 Å². The number of aliphatic hydroxyl groups excluding tert-OH is 1. The van der Waals surface area contributed by atoms with Gasteiger partial charge < -0.3 is 24.4 Å². The number of rotatable bonds is 10. The van der Waals surface area contributed by atoms with Gasteiger partial charge in [-0.3, -0.25) is 25.0 Å². The van der Waals surface area contributed by atoms with E-state index < -0.39 is 33.9 Å². The first-order valence-electron chi connectivity index (χ1n) is 14.4. The summed E-state index contributed by atoms with van der Waals surface area (Å²) in [6, 6.07) is 10.9. The first-order chi connectivity index (χ1) is 21.9. The molecule has 2 saturated heterocycles. The molecule has 0 unspecified atom stereocenters. The zero-order valence-electron chi connectivity index (χ0n) is 24.9. The van der Waals surface area contributed by atoms with Crippen LogP contribution in [-0.2, 0) is 32.3 Å². The second kappa shape index (κ2) is 13.7. The number of thioether (sulfide) groups is 1. The summed E-state index contributed by atoms with van der Waals surface area (Å²) < 4.78 is 10.7. The predicted octanol–water partition coefficient (Wildman–Crippen LogP) is 3.93. The van der Waals surface area contributed by atoms with Crippen LogP contribution in [0.25, 0.3) is 0 Å². The number of amides is 2. The zero-order chi connectivity index (χ0) is 33.1. The Hall–Kier alpha value is -4.83. The van der Waals surface area contributed by atoms with Crippen LogP contribution in [-0.4, -0.2) is 79.0 Å². The fraction of sp³-hybridized carbons (Fsp3) is 0.400. The van der Waals surface area contributed by atoms with Crippen molar-refractivity contribution in [3.63, 3.8) is 0 Å². The van der Waals surface area contributed by atoms with E-state index in [1.54, 1.807) is 13.8 Å². The van der Waals surface area contributed by atoms with E-state index in [1.165, 1.54) is 65.2 Å². The van der Waals surface area contributed by atoms with E-state index in [0.29, 0.717) is 47.8 Å². The van der Waals surface area contributed by atoms with Gasteiger partial charge in [0.1, 0.15) is 24.7 Å². The van der Waals surface area contributed by atoms with Crippen molar-refractivity contribution in [2.75, 3.05) is 13.1 Å². The molecular formula is C30H31N5O10S. The Morgan fingerprint density at radius 1 is 1.02 bits per heavy atom. The first kappa shape index (κ1) is 32.6. The number of hydrogen-bond donors (Lipinski definition) is 1. The third-order valence-electron chi connectivity index (χ3n) is 8.07. The molecule has 4 atom stereocenters.